The number of thioether (sulfide) groups is 1. The number of hydrogen-bond donors (Lipinski definition) is 1. The van der Waals surface area contributed by atoms with Gasteiger partial charge in [0, 0.05) is 23.7 Å². The van der Waals surface area contributed by atoms with Crippen LogP contribution in [0.4, 0.5) is 0 Å². The van der Waals surface area contributed by atoms with Gasteiger partial charge in [0.2, 0.25) is 0 Å². The zero-order chi connectivity index (χ0) is 15.5. The van der Waals surface area contributed by atoms with Gasteiger partial charge in [-0.2, -0.15) is 0 Å². The summed E-state index contributed by atoms with van der Waals surface area (Å²) in [6.45, 7) is 0. The second-order valence-corrected chi connectivity index (χ2v) is 6.15. The van der Waals surface area contributed by atoms with Crippen LogP contribution in [-0.4, -0.2) is 16.1 Å². The number of rotatable bonds is 3. The third-order valence-corrected chi connectivity index (χ3v) is 4.83. The number of cyclic esters (lactones) is 1. The first-order valence-corrected chi connectivity index (χ1v) is 7.80. The van der Waals surface area contributed by atoms with Gasteiger partial charge in [0.25, 0.3) is 0 Å². The van der Waals surface area contributed by atoms with Crippen molar-refractivity contribution >= 4 is 29.3 Å². The molecule has 0 bridgehead atoms. The Morgan fingerprint density at radius 1 is 1.23 bits per heavy atom. The van der Waals surface area contributed by atoms with Gasteiger partial charge < -0.3 is 9.84 Å². The van der Waals surface area contributed by atoms with E-state index in [0.29, 0.717) is 9.92 Å². The van der Waals surface area contributed by atoms with E-state index in [1.165, 1.54) is 0 Å². The minimum absolute atomic E-state index is 0.0166. The van der Waals surface area contributed by atoms with E-state index in [1.54, 1.807) is 42.7 Å². The highest BCUT2D eigenvalue weighted by atomic mass is 35.5. The minimum atomic E-state index is -0.546. The number of hydrogen-bond acceptors (Lipinski definition) is 5. The number of aromatic nitrogens is 1. The van der Waals surface area contributed by atoms with Crippen LogP contribution in [0.3, 0.4) is 0 Å². The number of carbonyl (C=O) groups is 1. The quantitative estimate of drug-likeness (QED) is 0.849. The average molecular weight is 334 g/mol. The molecule has 0 spiro atoms. The van der Waals surface area contributed by atoms with Crippen molar-refractivity contribution in [2.45, 2.75) is 17.4 Å². The Bertz CT molecular complexity index is 733. The van der Waals surface area contributed by atoms with Gasteiger partial charge in [-0.25, -0.2) is 4.79 Å². The first-order valence-electron chi connectivity index (χ1n) is 6.60. The van der Waals surface area contributed by atoms with Crippen molar-refractivity contribution in [2.75, 3.05) is 0 Å². The monoisotopic (exact) mass is 333 g/mol. The van der Waals surface area contributed by atoms with Gasteiger partial charge in [0.1, 0.15) is 16.8 Å². The van der Waals surface area contributed by atoms with Gasteiger partial charge in [0.15, 0.2) is 0 Å². The molecule has 4 nitrogen and oxygen atoms in total. The van der Waals surface area contributed by atoms with Crippen LogP contribution < -0.4 is 0 Å². The number of nitrogens with zero attached hydrogens (tertiary/aromatic N) is 1. The standard InChI is InChI=1S/C16H12ClNO3S/c17-11-3-1-2-4-14(11)22-15-12(19)9-13(21-16(15)20)10-5-7-18-8-6-10/h1-8,13,19H,9H2. The largest absolute Gasteiger partial charge is 0.511 e. The Balaban J connectivity index is 1.84. The number of aliphatic hydroxyl groups excluding tert-OH is 1. The third kappa shape index (κ3) is 3.10. The molecule has 0 saturated carbocycles. The van der Waals surface area contributed by atoms with E-state index < -0.39 is 12.1 Å². The lowest BCUT2D eigenvalue weighted by atomic mass is 10.1. The van der Waals surface area contributed by atoms with Crippen molar-refractivity contribution in [3.63, 3.8) is 0 Å². The van der Waals surface area contributed by atoms with E-state index in [0.717, 1.165) is 17.3 Å². The van der Waals surface area contributed by atoms with Crippen LogP contribution >= 0.6 is 23.4 Å². The Morgan fingerprint density at radius 3 is 2.64 bits per heavy atom. The van der Waals surface area contributed by atoms with Crippen LogP contribution in [0.1, 0.15) is 18.1 Å². The van der Waals surface area contributed by atoms with E-state index in [-0.39, 0.29) is 17.1 Å². The molecule has 22 heavy (non-hydrogen) atoms. The maximum Gasteiger partial charge on any atom is 0.349 e. The minimum Gasteiger partial charge on any atom is -0.511 e. The Labute approximate surface area is 136 Å². The van der Waals surface area contributed by atoms with Crippen LogP contribution in [0.5, 0.6) is 0 Å². The fourth-order valence-electron chi connectivity index (χ4n) is 2.11. The lowest BCUT2D eigenvalue weighted by Gasteiger charge is -2.24. The van der Waals surface area contributed by atoms with Crippen molar-refractivity contribution in [3.8, 4) is 0 Å². The van der Waals surface area contributed by atoms with Crippen molar-refractivity contribution in [1.82, 2.24) is 4.98 Å². The molecule has 0 amide bonds. The van der Waals surface area contributed by atoms with Gasteiger partial charge >= 0.3 is 5.97 Å². The first kappa shape index (κ1) is 14.9. The van der Waals surface area contributed by atoms with Crippen molar-refractivity contribution in [3.05, 3.63) is 70.0 Å². The molecule has 1 atom stereocenters. The third-order valence-electron chi connectivity index (χ3n) is 3.20. The maximum absolute atomic E-state index is 12.2. The van der Waals surface area contributed by atoms with Crippen LogP contribution in [0.15, 0.2) is 64.4 Å². The molecule has 0 radical (unpaired) electrons. The summed E-state index contributed by atoms with van der Waals surface area (Å²) in [6, 6.07) is 10.7. The van der Waals surface area contributed by atoms with E-state index in [9.17, 15) is 9.90 Å². The molecule has 2 heterocycles. The number of esters is 1. The van der Waals surface area contributed by atoms with E-state index in [2.05, 4.69) is 4.98 Å². The molecule has 1 aliphatic heterocycles. The van der Waals surface area contributed by atoms with Crippen molar-refractivity contribution in [2.24, 2.45) is 0 Å². The first-order chi connectivity index (χ1) is 10.6. The summed E-state index contributed by atoms with van der Waals surface area (Å²) in [5.74, 6) is -0.529. The molecule has 0 aliphatic carbocycles. The summed E-state index contributed by atoms with van der Waals surface area (Å²) in [4.78, 5) is 17.0. The zero-order valence-electron chi connectivity index (χ0n) is 11.4. The Morgan fingerprint density at radius 2 is 1.95 bits per heavy atom. The normalized spacial score (nSPS) is 18.2. The summed E-state index contributed by atoms with van der Waals surface area (Å²) in [7, 11) is 0. The molecule has 1 aliphatic rings. The molecule has 3 rings (SSSR count). The molecule has 0 saturated heterocycles. The highest BCUT2D eigenvalue weighted by molar-refractivity contribution is 8.04. The van der Waals surface area contributed by atoms with Crippen LogP contribution in [0.25, 0.3) is 0 Å². The van der Waals surface area contributed by atoms with Crippen LogP contribution in [0.2, 0.25) is 5.02 Å². The van der Waals surface area contributed by atoms with Crippen molar-refractivity contribution in [1.29, 1.82) is 0 Å². The van der Waals surface area contributed by atoms with Crippen LogP contribution in [0, 0.1) is 0 Å². The molecular formula is C16H12ClNO3S. The summed E-state index contributed by atoms with van der Waals surface area (Å²) < 4.78 is 5.42. The van der Waals surface area contributed by atoms with Gasteiger partial charge in [-0.3, -0.25) is 4.98 Å². The molecule has 2 aromatic rings. The second-order valence-electron chi connectivity index (χ2n) is 4.69. The number of carbonyl (C=O) groups excluding carboxylic acids is 1. The van der Waals surface area contributed by atoms with Crippen molar-refractivity contribution < 1.29 is 14.6 Å². The van der Waals surface area contributed by atoms with E-state index >= 15 is 0 Å². The van der Waals surface area contributed by atoms with Gasteiger partial charge in [-0.1, -0.05) is 35.5 Å². The molecule has 6 heteroatoms. The van der Waals surface area contributed by atoms with E-state index in [1.807, 2.05) is 6.07 Å². The maximum atomic E-state index is 12.2. The van der Waals surface area contributed by atoms with E-state index in [4.69, 9.17) is 16.3 Å². The highest BCUT2D eigenvalue weighted by Gasteiger charge is 2.31. The zero-order valence-corrected chi connectivity index (χ0v) is 13.0. The summed E-state index contributed by atoms with van der Waals surface area (Å²) in [5, 5.41) is 10.7. The summed E-state index contributed by atoms with van der Waals surface area (Å²) >= 11 is 7.19. The average Bonchev–Trinajstić information content (AvgIpc) is 2.53. The lowest BCUT2D eigenvalue weighted by molar-refractivity contribution is -0.146. The van der Waals surface area contributed by atoms with Crippen LogP contribution in [-0.2, 0) is 9.53 Å². The lowest BCUT2D eigenvalue weighted by Crippen LogP contribution is -2.20. The molecule has 112 valence electrons. The Hall–Kier alpha value is -1.98. The van der Waals surface area contributed by atoms with Gasteiger partial charge in [-0.15, -0.1) is 0 Å². The predicted octanol–water partition coefficient (Wildman–Crippen LogP) is 4.28. The number of aliphatic hydroxyl groups is 1. The fraction of sp³-hybridized carbons (Fsp3) is 0.125. The molecule has 1 aromatic heterocycles. The smallest absolute Gasteiger partial charge is 0.349 e. The highest BCUT2D eigenvalue weighted by Crippen LogP contribution is 2.40. The molecular weight excluding hydrogens is 322 g/mol. The fourth-order valence-corrected chi connectivity index (χ4v) is 3.23. The molecule has 1 N–H and O–H groups in total. The van der Waals surface area contributed by atoms with Gasteiger partial charge in [0.05, 0.1) is 5.02 Å². The molecule has 1 unspecified atom stereocenters. The topological polar surface area (TPSA) is 59.4 Å². The number of benzene rings is 1. The molecule has 0 fully saturated rings. The van der Waals surface area contributed by atoms with Gasteiger partial charge in [-0.05, 0) is 29.8 Å². The second kappa shape index (κ2) is 6.42. The summed E-state index contributed by atoms with van der Waals surface area (Å²) in [5.41, 5.74) is 0.802. The number of halogens is 1. The summed E-state index contributed by atoms with van der Waals surface area (Å²) in [6.07, 6.45) is 2.99. The number of ether oxygens (including phenoxy) is 1. The Kier molecular flexibility index (Phi) is 4.36. The molecule has 1 aromatic carbocycles. The SMILES string of the molecule is O=C1OC(c2ccncc2)CC(O)=C1Sc1ccccc1Cl. The number of pyridine rings is 1. The predicted molar refractivity (Wildman–Crippen MR) is 84.7 cm³/mol.